The fraction of sp³-hybridized carbons (Fsp3) is 0.444. The number of nitrogens with one attached hydrogen (secondary N) is 1. The second kappa shape index (κ2) is 2.54. The van der Waals surface area contributed by atoms with E-state index >= 15 is 0 Å². The predicted octanol–water partition coefficient (Wildman–Crippen LogP) is 0.202. The number of nitrogens with two attached hydrogens (primary N) is 1. The largest absolute Gasteiger partial charge is 0.318 e. The van der Waals surface area contributed by atoms with E-state index in [1.54, 1.807) is 6.21 Å². The van der Waals surface area contributed by atoms with Gasteiger partial charge in [0, 0.05) is 25.5 Å². The molecule has 3 heteroatoms. The van der Waals surface area contributed by atoms with Crippen molar-refractivity contribution in [2.45, 2.75) is 12.5 Å². The van der Waals surface area contributed by atoms with E-state index in [9.17, 15) is 0 Å². The Balaban J connectivity index is 2.40. The normalized spacial score (nSPS) is 33.8. The van der Waals surface area contributed by atoms with Crippen molar-refractivity contribution < 1.29 is 0 Å². The monoisotopic (exact) mass is 163 g/mol. The summed E-state index contributed by atoms with van der Waals surface area (Å²) in [7, 11) is 0. The van der Waals surface area contributed by atoms with Gasteiger partial charge in [0.15, 0.2) is 0 Å². The zero-order valence-electron chi connectivity index (χ0n) is 7.17. The summed E-state index contributed by atoms with van der Waals surface area (Å²) in [5, 5.41) is 3.26. The highest BCUT2D eigenvalue weighted by Gasteiger charge is 2.20. The summed E-state index contributed by atoms with van der Waals surface area (Å²) >= 11 is 0. The molecule has 2 aliphatic rings. The lowest BCUT2D eigenvalue weighted by Gasteiger charge is -2.13. The van der Waals surface area contributed by atoms with Crippen molar-refractivity contribution >= 4 is 6.21 Å². The molecule has 0 aromatic heterocycles. The Bertz CT molecular complexity index is 284. The summed E-state index contributed by atoms with van der Waals surface area (Å²) in [6.45, 7) is 3.79. The van der Waals surface area contributed by atoms with Crippen molar-refractivity contribution in [2.24, 2.45) is 10.7 Å². The highest BCUT2D eigenvalue weighted by molar-refractivity contribution is 5.75. The Morgan fingerprint density at radius 3 is 3.08 bits per heavy atom. The third kappa shape index (κ3) is 1.33. The Morgan fingerprint density at radius 2 is 2.25 bits per heavy atom. The van der Waals surface area contributed by atoms with Gasteiger partial charge in [0.25, 0.3) is 0 Å². The summed E-state index contributed by atoms with van der Waals surface area (Å²) in [5.74, 6) is 0. The number of nitrogens with zero attached hydrogens (tertiary/aromatic N) is 1. The van der Waals surface area contributed by atoms with Gasteiger partial charge in [0.1, 0.15) is 0 Å². The van der Waals surface area contributed by atoms with E-state index < -0.39 is 0 Å². The molecular formula is C9H13N3. The lowest BCUT2D eigenvalue weighted by molar-refractivity contribution is 0.790. The number of aliphatic imine (C=N–C) groups is 1. The number of rotatable bonds is 0. The molecule has 0 aromatic rings. The van der Waals surface area contributed by atoms with Crippen LogP contribution in [0.1, 0.15) is 6.92 Å². The van der Waals surface area contributed by atoms with Crippen molar-refractivity contribution in [3.63, 3.8) is 0 Å². The van der Waals surface area contributed by atoms with Gasteiger partial charge < -0.3 is 11.1 Å². The smallest absolute Gasteiger partial charge is 0.0676 e. The average molecular weight is 163 g/mol. The van der Waals surface area contributed by atoms with Gasteiger partial charge in [-0.15, -0.1) is 0 Å². The van der Waals surface area contributed by atoms with Crippen LogP contribution in [0.25, 0.3) is 0 Å². The summed E-state index contributed by atoms with van der Waals surface area (Å²) in [6, 6.07) is 0. The van der Waals surface area contributed by atoms with Crippen LogP contribution in [0, 0.1) is 0 Å². The molecule has 2 aliphatic heterocycles. The number of hydrogen-bond acceptors (Lipinski definition) is 3. The standard InChI is InChI=1S/C9H13N3/c1-9(10)2-7-3-11-4-8(7)5-12-6-9/h2,5-6,11H,3-4,10H2,1H3. The Morgan fingerprint density at radius 1 is 1.50 bits per heavy atom. The Labute approximate surface area is 72.1 Å². The van der Waals surface area contributed by atoms with Gasteiger partial charge in [-0.1, -0.05) is 6.08 Å². The minimum Gasteiger partial charge on any atom is -0.318 e. The fourth-order valence-corrected chi connectivity index (χ4v) is 1.53. The van der Waals surface area contributed by atoms with Crippen molar-refractivity contribution in [1.29, 1.82) is 0 Å². The minimum atomic E-state index is -0.389. The van der Waals surface area contributed by atoms with Crippen molar-refractivity contribution in [3.8, 4) is 0 Å². The number of fused-ring (bicyclic) bond motifs is 1. The molecule has 1 fully saturated rings. The molecule has 0 amide bonds. The Hall–Kier alpha value is -0.930. The van der Waals surface area contributed by atoms with E-state index in [4.69, 9.17) is 5.73 Å². The van der Waals surface area contributed by atoms with Crippen LogP contribution in [0.4, 0.5) is 0 Å². The SMILES string of the molecule is CC1(N)C=NC=C2CNCC2=C1. The highest BCUT2D eigenvalue weighted by Crippen LogP contribution is 2.19. The first-order valence-electron chi connectivity index (χ1n) is 4.12. The highest BCUT2D eigenvalue weighted by atomic mass is 14.9. The van der Waals surface area contributed by atoms with Gasteiger partial charge in [-0.2, -0.15) is 0 Å². The Kier molecular flexibility index (Phi) is 1.63. The van der Waals surface area contributed by atoms with Crippen LogP contribution in [0.2, 0.25) is 0 Å². The van der Waals surface area contributed by atoms with Gasteiger partial charge >= 0.3 is 0 Å². The van der Waals surface area contributed by atoms with Crippen LogP contribution in [-0.4, -0.2) is 24.8 Å². The van der Waals surface area contributed by atoms with Crippen LogP contribution in [0.3, 0.4) is 0 Å². The third-order valence-corrected chi connectivity index (χ3v) is 2.11. The van der Waals surface area contributed by atoms with E-state index in [-0.39, 0.29) is 5.54 Å². The van der Waals surface area contributed by atoms with E-state index in [1.165, 1.54) is 11.1 Å². The van der Waals surface area contributed by atoms with Gasteiger partial charge in [-0.3, -0.25) is 4.99 Å². The minimum absolute atomic E-state index is 0.389. The second-order valence-corrected chi connectivity index (χ2v) is 3.57. The van der Waals surface area contributed by atoms with Crippen LogP contribution >= 0.6 is 0 Å². The quantitative estimate of drug-likeness (QED) is 0.536. The lowest BCUT2D eigenvalue weighted by Crippen LogP contribution is -2.35. The van der Waals surface area contributed by atoms with Crippen molar-refractivity contribution in [3.05, 3.63) is 23.4 Å². The maximum absolute atomic E-state index is 5.95. The van der Waals surface area contributed by atoms with Crippen LogP contribution in [-0.2, 0) is 0 Å². The molecular weight excluding hydrogens is 150 g/mol. The molecule has 3 N–H and O–H groups in total. The van der Waals surface area contributed by atoms with E-state index in [1.807, 2.05) is 13.1 Å². The first kappa shape index (κ1) is 7.71. The summed E-state index contributed by atoms with van der Waals surface area (Å²) in [6.07, 6.45) is 5.75. The summed E-state index contributed by atoms with van der Waals surface area (Å²) in [5.41, 5.74) is 8.11. The topological polar surface area (TPSA) is 50.4 Å². The predicted molar refractivity (Wildman–Crippen MR) is 50.1 cm³/mol. The van der Waals surface area contributed by atoms with Crippen LogP contribution < -0.4 is 11.1 Å². The van der Waals surface area contributed by atoms with Gasteiger partial charge in [0.05, 0.1) is 5.54 Å². The molecule has 2 rings (SSSR count). The number of hydrogen-bond donors (Lipinski definition) is 2. The average Bonchev–Trinajstić information content (AvgIpc) is 2.31. The first-order chi connectivity index (χ1) is 5.67. The van der Waals surface area contributed by atoms with Crippen molar-refractivity contribution in [1.82, 2.24) is 5.32 Å². The van der Waals surface area contributed by atoms with E-state index in [2.05, 4.69) is 16.4 Å². The van der Waals surface area contributed by atoms with E-state index in [0.717, 1.165) is 13.1 Å². The van der Waals surface area contributed by atoms with E-state index in [0.29, 0.717) is 0 Å². The molecule has 0 aromatic carbocycles. The molecule has 12 heavy (non-hydrogen) atoms. The first-order valence-corrected chi connectivity index (χ1v) is 4.12. The molecule has 0 radical (unpaired) electrons. The zero-order chi connectivity index (χ0) is 8.60. The van der Waals surface area contributed by atoms with Gasteiger partial charge in [-0.05, 0) is 18.1 Å². The summed E-state index contributed by atoms with van der Waals surface area (Å²) < 4.78 is 0. The summed E-state index contributed by atoms with van der Waals surface area (Å²) in [4.78, 5) is 4.16. The molecule has 2 heterocycles. The molecule has 0 aliphatic carbocycles. The third-order valence-electron chi connectivity index (χ3n) is 2.11. The molecule has 3 nitrogen and oxygen atoms in total. The lowest BCUT2D eigenvalue weighted by atomic mass is 10.0. The molecule has 1 unspecified atom stereocenters. The molecule has 0 bridgehead atoms. The van der Waals surface area contributed by atoms with Crippen LogP contribution in [0.5, 0.6) is 0 Å². The molecule has 64 valence electrons. The molecule has 1 atom stereocenters. The maximum Gasteiger partial charge on any atom is 0.0676 e. The maximum atomic E-state index is 5.95. The second-order valence-electron chi connectivity index (χ2n) is 3.57. The van der Waals surface area contributed by atoms with Crippen LogP contribution in [0.15, 0.2) is 28.4 Å². The fourth-order valence-electron chi connectivity index (χ4n) is 1.53. The van der Waals surface area contributed by atoms with Crippen molar-refractivity contribution in [2.75, 3.05) is 13.1 Å². The van der Waals surface area contributed by atoms with Gasteiger partial charge in [-0.25, -0.2) is 0 Å². The van der Waals surface area contributed by atoms with Gasteiger partial charge in [0.2, 0.25) is 0 Å². The molecule has 1 saturated heterocycles. The molecule has 0 saturated carbocycles. The molecule has 0 spiro atoms. The zero-order valence-corrected chi connectivity index (χ0v) is 7.17.